The Morgan fingerprint density at radius 1 is 1.00 bits per heavy atom. The van der Waals surface area contributed by atoms with Crippen molar-refractivity contribution in [3.8, 4) is 11.5 Å². The van der Waals surface area contributed by atoms with Crippen LogP contribution >= 0.6 is 46.0 Å². The van der Waals surface area contributed by atoms with E-state index in [2.05, 4.69) is 33.2 Å². The number of benzene rings is 3. The fraction of sp³-hybridized carbons (Fsp3) is 0.172. The Morgan fingerprint density at radius 3 is 2.44 bits per heavy atom. The number of anilines is 2. The molecule has 0 bridgehead atoms. The molecule has 0 saturated carbocycles. The molecular weight excluding hydrogens is 681 g/mol. The maximum absolute atomic E-state index is 13.0. The first kappa shape index (κ1) is 30.4. The number of nitrogens with zero attached hydrogens (tertiary/aromatic N) is 1. The van der Waals surface area contributed by atoms with Crippen molar-refractivity contribution in [2.24, 2.45) is 0 Å². The Hall–Kier alpha value is -3.55. The molecule has 2 N–H and O–H groups in total. The maximum atomic E-state index is 13.0. The van der Waals surface area contributed by atoms with E-state index in [-0.39, 0.29) is 17.4 Å². The third-order valence-electron chi connectivity index (χ3n) is 5.67. The molecular formula is C29H25ClIN3O6S. The number of aryl methyl sites for hydroxylation is 1. The van der Waals surface area contributed by atoms with E-state index in [1.807, 2.05) is 26.0 Å². The van der Waals surface area contributed by atoms with Gasteiger partial charge in [-0.3, -0.25) is 24.1 Å². The fourth-order valence-electron chi connectivity index (χ4n) is 3.73. The van der Waals surface area contributed by atoms with Crippen LogP contribution in [0.15, 0.2) is 65.6 Å². The molecule has 0 radical (unpaired) electrons. The molecule has 0 spiro atoms. The Balaban J connectivity index is 1.44. The van der Waals surface area contributed by atoms with Crippen LogP contribution in [-0.2, 0) is 14.4 Å². The maximum Gasteiger partial charge on any atom is 0.294 e. The molecule has 0 aromatic heterocycles. The standard InChI is InChI=1S/C29H25ClIN3O6S/c1-3-39-23-12-18(11-22(31)27(23)40-16-26(36)33-20-10-9-17(2)21(30)14-20)13-24-28(37)34(29(38)41-24)15-25(35)32-19-7-5-4-6-8-19/h4-14H,3,15-16H2,1-2H3,(H,32,35)(H,33,36)/b24-13-. The summed E-state index contributed by atoms with van der Waals surface area (Å²) in [5.74, 6) is -0.684. The van der Waals surface area contributed by atoms with Gasteiger partial charge in [-0.05, 0) is 102 Å². The van der Waals surface area contributed by atoms with Crippen molar-refractivity contribution >= 4 is 86.4 Å². The van der Waals surface area contributed by atoms with E-state index < -0.39 is 23.6 Å². The van der Waals surface area contributed by atoms with Crippen molar-refractivity contribution in [3.05, 3.63) is 85.3 Å². The van der Waals surface area contributed by atoms with E-state index in [1.165, 1.54) is 0 Å². The summed E-state index contributed by atoms with van der Waals surface area (Å²) in [6.07, 6.45) is 1.56. The van der Waals surface area contributed by atoms with Crippen LogP contribution in [0.1, 0.15) is 18.1 Å². The second kappa shape index (κ2) is 13.9. The lowest BCUT2D eigenvalue weighted by molar-refractivity contribution is -0.127. The zero-order chi connectivity index (χ0) is 29.5. The Morgan fingerprint density at radius 2 is 1.73 bits per heavy atom. The van der Waals surface area contributed by atoms with Gasteiger partial charge in [0.05, 0.1) is 15.1 Å². The highest BCUT2D eigenvalue weighted by Gasteiger charge is 2.36. The van der Waals surface area contributed by atoms with Gasteiger partial charge in [-0.25, -0.2) is 0 Å². The van der Waals surface area contributed by atoms with Crippen molar-refractivity contribution in [1.29, 1.82) is 0 Å². The topological polar surface area (TPSA) is 114 Å². The molecule has 212 valence electrons. The summed E-state index contributed by atoms with van der Waals surface area (Å²) in [6.45, 7) is 3.34. The molecule has 1 aliphatic heterocycles. The number of amides is 4. The minimum Gasteiger partial charge on any atom is -0.490 e. The summed E-state index contributed by atoms with van der Waals surface area (Å²) in [6, 6.07) is 17.4. The first-order valence-corrected chi connectivity index (χ1v) is 14.7. The van der Waals surface area contributed by atoms with Gasteiger partial charge in [0.2, 0.25) is 5.91 Å². The lowest BCUT2D eigenvalue weighted by Crippen LogP contribution is -2.36. The number of carbonyl (C=O) groups excluding carboxylic acids is 4. The van der Waals surface area contributed by atoms with E-state index in [0.29, 0.717) is 43.6 Å². The van der Waals surface area contributed by atoms with Crippen LogP contribution < -0.4 is 20.1 Å². The highest BCUT2D eigenvalue weighted by Crippen LogP contribution is 2.37. The van der Waals surface area contributed by atoms with Gasteiger partial charge in [-0.1, -0.05) is 35.9 Å². The number of carbonyl (C=O) groups is 4. The van der Waals surface area contributed by atoms with Gasteiger partial charge in [0.1, 0.15) is 6.54 Å². The highest BCUT2D eigenvalue weighted by molar-refractivity contribution is 14.1. The summed E-state index contributed by atoms with van der Waals surface area (Å²) >= 11 is 8.94. The first-order chi connectivity index (χ1) is 19.6. The quantitative estimate of drug-likeness (QED) is 0.187. The molecule has 0 atom stereocenters. The summed E-state index contributed by atoms with van der Waals surface area (Å²) in [5.41, 5.74) is 2.60. The van der Waals surface area contributed by atoms with Gasteiger partial charge < -0.3 is 20.1 Å². The third kappa shape index (κ3) is 8.02. The molecule has 3 aromatic carbocycles. The number of rotatable bonds is 10. The van der Waals surface area contributed by atoms with Gasteiger partial charge in [0.15, 0.2) is 18.1 Å². The van der Waals surface area contributed by atoms with Crippen LogP contribution in [0.2, 0.25) is 5.02 Å². The average molecular weight is 706 g/mol. The van der Waals surface area contributed by atoms with E-state index in [9.17, 15) is 19.2 Å². The molecule has 1 fully saturated rings. The Bertz CT molecular complexity index is 1530. The van der Waals surface area contributed by atoms with Crippen molar-refractivity contribution < 1.29 is 28.7 Å². The predicted molar refractivity (Wildman–Crippen MR) is 168 cm³/mol. The van der Waals surface area contributed by atoms with Gasteiger partial charge in [0.25, 0.3) is 17.1 Å². The average Bonchev–Trinajstić information content (AvgIpc) is 3.18. The monoisotopic (exact) mass is 705 g/mol. The van der Waals surface area contributed by atoms with Gasteiger partial charge in [-0.2, -0.15) is 0 Å². The number of para-hydroxylation sites is 1. The van der Waals surface area contributed by atoms with Gasteiger partial charge >= 0.3 is 0 Å². The van der Waals surface area contributed by atoms with Crippen LogP contribution in [0.25, 0.3) is 6.08 Å². The lowest BCUT2D eigenvalue weighted by atomic mass is 10.2. The molecule has 41 heavy (non-hydrogen) atoms. The fourth-order valence-corrected chi connectivity index (χ4v) is 5.53. The molecule has 1 saturated heterocycles. The van der Waals surface area contributed by atoms with Crippen molar-refractivity contribution in [1.82, 2.24) is 4.90 Å². The largest absolute Gasteiger partial charge is 0.490 e. The molecule has 9 nitrogen and oxygen atoms in total. The normalized spacial score (nSPS) is 13.9. The zero-order valence-corrected chi connectivity index (χ0v) is 25.8. The predicted octanol–water partition coefficient (Wildman–Crippen LogP) is 6.34. The highest BCUT2D eigenvalue weighted by atomic mass is 127. The van der Waals surface area contributed by atoms with Gasteiger partial charge in [-0.15, -0.1) is 0 Å². The van der Waals surface area contributed by atoms with E-state index in [1.54, 1.807) is 54.6 Å². The van der Waals surface area contributed by atoms with Crippen LogP contribution in [-0.4, -0.2) is 47.6 Å². The number of halogens is 2. The van der Waals surface area contributed by atoms with Crippen molar-refractivity contribution in [2.75, 3.05) is 30.4 Å². The van der Waals surface area contributed by atoms with Crippen molar-refractivity contribution in [3.63, 3.8) is 0 Å². The molecule has 4 rings (SSSR count). The van der Waals surface area contributed by atoms with Crippen molar-refractivity contribution in [2.45, 2.75) is 13.8 Å². The minimum atomic E-state index is -0.565. The zero-order valence-electron chi connectivity index (χ0n) is 22.0. The van der Waals surface area contributed by atoms with E-state index in [0.717, 1.165) is 22.2 Å². The molecule has 0 unspecified atom stereocenters. The molecule has 0 aliphatic carbocycles. The smallest absolute Gasteiger partial charge is 0.294 e. The molecule has 3 aromatic rings. The van der Waals surface area contributed by atoms with Gasteiger partial charge in [0, 0.05) is 16.4 Å². The lowest BCUT2D eigenvalue weighted by Gasteiger charge is -2.15. The molecule has 1 heterocycles. The van der Waals surface area contributed by atoms with E-state index in [4.69, 9.17) is 21.1 Å². The van der Waals surface area contributed by atoms with Crippen LogP contribution in [0.4, 0.5) is 16.2 Å². The second-order valence-electron chi connectivity index (χ2n) is 8.75. The molecule has 4 amide bonds. The van der Waals surface area contributed by atoms with E-state index >= 15 is 0 Å². The Labute approximate surface area is 259 Å². The number of thioether (sulfide) groups is 1. The molecule has 1 aliphatic rings. The van der Waals surface area contributed by atoms with Crippen LogP contribution in [0.3, 0.4) is 0 Å². The number of nitrogens with one attached hydrogen (secondary N) is 2. The summed E-state index contributed by atoms with van der Waals surface area (Å²) in [7, 11) is 0. The summed E-state index contributed by atoms with van der Waals surface area (Å²) in [5, 5.41) is 5.42. The first-order valence-electron chi connectivity index (χ1n) is 12.4. The SMILES string of the molecule is CCOc1cc(/C=C2\SC(=O)N(CC(=O)Nc3ccccc3)C2=O)cc(I)c1OCC(=O)Nc1ccc(C)c(Cl)c1. The van der Waals surface area contributed by atoms with Crippen LogP contribution in [0.5, 0.6) is 11.5 Å². The number of ether oxygens (including phenoxy) is 2. The number of imide groups is 1. The summed E-state index contributed by atoms with van der Waals surface area (Å²) in [4.78, 5) is 51.5. The van der Waals surface area contributed by atoms with Crippen LogP contribution in [0, 0.1) is 10.5 Å². The second-order valence-corrected chi connectivity index (χ2v) is 11.3. The third-order valence-corrected chi connectivity index (χ3v) is 7.78. The number of hydrogen-bond acceptors (Lipinski definition) is 7. The number of hydrogen-bond donors (Lipinski definition) is 2. The minimum absolute atomic E-state index is 0.172. The Kier molecular flexibility index (Phi) is 10.3. The molecule has 12 heteroatoms. The summed E-state index contributed by atoms with van der Waals surface area (Å²) < 4.78 is 12.2.